The van der Waals surface area contributed by atoms with Crippen LogP contribution in [0.5, 0.6) is 0 Å². The Hall–Kier alpha value is -1.03. The van der Waals surface area contributed by atoms with Crippen LogP contribution >= 0.6 is 11.8 Å². The van der Waals surface area contributed by atoms with Gasteiger partial charge in [-0.25, -0.2) is 4.39 Å². The van der Waals surface area contributed by atoms with E-state index in [1.165, 1.54) is 6.07 Å². The summed E-state index contributed by atoms with van der Waals surface area (Å²) in [7, 11) is 3.67. The lowest BCUT2D eigenvalue weighted by Crippen LogP contribution is -2.23. The summed E-state index contributed by atoms with van der Waals surface area (Å²) < 4.78 is 13.1. The van der Waals surface area contributed by atoms with Crippen molar-refractivity contribution < 1.29 is 4.39 Å². The van der Waals surface area contributed by atoms with Crippen molar-refractivity contribution in [3.63, 3.8) is 0 Å². The second-order valence-electron chi connectivity index (χ2n) is 3.20. The van der Waals surface area contributed by atoms with Crippen molar-refractivity contribution in [1.82, 2.24) is 0 Å². The predicted molar refractivity (Wildman–Crippen MR) is 66.4 cm³/mol. The first kappa shape index (κ1) is 12.0. The number of halogens is 1. The van der Waals surface area contributed by atoms with E-state index in [0.29, 0.717) is 5.56 Å². The van der Waals surface area contributed by atoms with Crippen molar-refractivity contribution in [2.24, 2.45) is 4.99 Å². The van der Waals surface area contributed by atoms with Gasteiger partial charge < -0.3 is 4.90 Å². The van der Waals surface area contributed by atoms with Crippen LogP contribution in [-0.2, 0) is 0 Å². The van der Waals surface area contributed by atoms with Crippen LogP contribution in [0, 0.1) is 12.7 Å². The van der Waals surface area contributed by atoms with Crippen LogP contribution in [0.2, 0.25) is 0 Å². The molecule has 1 aromatic carbocycles. The van der Waals surface area contributed by atoms with Gasteiger partial charge in [-0.05, 0) is 36.9 Å². The lowest BCUT2D eigenvalue weighted by Gasteiger charge is -2.19. The number of rotatable bonds is 1. The lowest BCUT2D eigenvalue weighted by molar-refractivity contribution is 0.618. The van der Waals surface area contributed by atoms with E-state index >= 15 is 0 Å². The molecule has 0 saturated heterocycles. The Morgan fingerprint density at radius 2 is 2.13 bits per heavy atom. The van der Waals surface area contributed by atoms with E-state index in [1.54, 1.807) is 31.8 Å². The quantitative estimate of drug-likeness (QED) is 0.540. The number of hydrogen-bond acceptors (Lipinski definition) is 2. The van der Waals surface area contributed by atoms with E-state index in [9.17, 15) is 4.39 Å². The third kappa shape index (κ3) is 2.72. The molecule has 0 bridgehead atoms. The zero-order valence-electron chi connectivity index (χ0n) is 9.41. The van der Waals surface area contributed by atoms with Gasteiger partial charge in [0.25, 0.3) is 0 Å². The van der Waals surface area contributed by atoms with Gasteiger partial charge >= 0.3 is 0 Å². The number of benzene rings is 1. The summed E-state index contributed by atoms with van der Waals surface area (Å²) in [6.45, 7) is 1.76. The van der Waals surface area contributed by atoms with Crippen molar-refractivity contribution >= 4 is 22.6 Å². The summed E-state index contributed by atoms with van der Waals surface area (Å²) >= 11 is 1.57. The van der Waals surface area contributed by atoms with Gasteiger partial charge in [0, 0.05) is 19.8 Å². The van der Waals surface area contributed by atoms with Crippen LogP contribution in [0.25, 0.3) is 0 Å². The number of aryl methyl sites for hydroxylation is 1. The van der Waals surface area contributed by atoms with Gasteiger partial charge in [-0.1, -0.05) is 11.8 Å². The summed E-state index contributed by atoms with van der Waals surface area (Å²) in [6, 6.07) is 5.05. The zero-order chi connectivity index (χ0) is 11.4. The maximum absolute atomic E-state index is 13.1. The molecular weight excluding hydrogens is 211 g/mol. The SMILES string of the molecule is CN=C(SC)N(C)c1ccc(F)c(C)c1. The van der Waals surface area contributed by atoms with Crippen LogP contribution in [0.4, 0.5) is 10.1 Å². The predicted octanol–water partition coefficient (Wildman–Crippen LogP) is 2.92. The van der Waals surface area contributed by atoms with Crippen LogP contribution in [0.3, 0.4) is 0 Å². The number of aliphatic imine (C=N–C) groups is 1. The largest absolute Gasteiger partial charge is 0.324 e. The van der Waals surface area contributed by atoms with E-state index in [1.807, 2.05) is 24.3 Å². The normalized spacial score (nSPS) is 11.7. The van der Waals surface area contributed by atoms with Crippen LogP contribution in [0.1, 0.15) is 5.56 Å². The van der Waals surface area contributed by atoms with Gasteiger partial charge in [0.05, 0.1) is 0 Å². The highest BCUT2D eigenvalue weighted by Crippen LogP contribution is 2.19. The first-order chi connectivity index (χ1) is 7.10. The Morgan fingerprint density at radius 1 is 1.47 bits per heavy atom. The van der Waals surface area contributed by atoms with Crippen molar-refractivity contribution in [1.29, 1.82) is 0 Å². The molecule has 0 heterocycles. The fourth-order valence-corrected chi connectivity index (χ4v) is 1.89. The van der Waals surface area contributed by atoms with E-state index in [-0.39, 0.29) is 5.82 Å². The third-order valence-corrected chi connectivity index (χ3v) is 3.01. The van der Waals surface area contributed by atoms with Crippen molar-refractivity contribution in [2.45, 2.75) is 6.92 Å². The molecule has 0 unspecified atom stereocenters. The monoisotopic (exact) mass is 226 g/mol. The molecule has 0 aliphatic heterocycles. The summed E-state index contributed by atoms with van der Waals surface area (Å²) in [5, 5.41) is 0.904. The summed E-state index contributed by atoms with van der Waals surface area (Å²) in [4.78, 5) is 6.09. The van der Waals surface area contributed by atoms with Gasteiger partial charge in [0.15, 0.2) is 5.17 Å². The highest BCUT2D eigenvalue weighted by molar-refractivity contribution is 8.13. The maximum atomic E-state index is 13.1. The van der Waals surface area contributed by atoms with Crippen LogP contribution < -0.4 is 4.90 Å². The highest BCUT2D eigenvalue weighted by atomic mass is 32.2. The Balaban J connectivity index is 3.01. The molecule has 0 radical (unpaired) electrons. The number of anilines is 1. The Morgan fingerprint density at radius 3 is 2.60 bits per heavy atom. The second kappa shape index (κ2) is 5.16. The molecule has 4 heteroatoms. The number of amidine groups is 1. The molecule has 0 aromatic heterocycles. The molecule has 82 valence electrons. The van der Waals surface area contributed by atoms with Gasteiger partial charge in [-0.2, -0.15) is 0 Å². The number of nitrogens with zero attached hydrogens (tertiary/aromatic N) is 2. The highest BCUT2D eigenvalue weighted by Gasteiger charge is 2.08. The molecule has 0 aliphatic carbocycles. The standard InChI is InChI=1S/C11H15FN2S/c1-8-7-9(5-6-10(8)12)14(3)11(13-2)15-4/h5-7H,1-4H3. The first-order valence-electron chi connectivity index (χ1n) is 4.60. The minimum atomic E-state index is -0.175. The summed E-state index contributed by atoms with van der Waals surface area (Å²) in [5.74, 6) is -0.175. The Kier molecular flexibility index (Phi) is 4.15. The van der Waals surface area contributed by atoms with E-state index in [0.717, 1.165) is 10.9 Å². The maximum Gasteiger partial charge on any atom is 0.162 e. The molecule has 1 rings (SSSR count). The minimum absolute atomic E-state index is 0.175. The van der Waals surface area contributed by atoms with Crippen LogP contribution in [-0.4, -0.2) is 25.5 Å². The number of hydrogen-bond donors (Lipinski definition) is 0. The Labute approximate surface area is 94.2 Å². The molecular formula is C11H15FN2S. The van der Waals surface area contributed by atoms with Gasteiger partial charge in [-0.3, -0.25) is 4.99 Å². The van der Waals surface area contributed by atoms with Gasteiger partial charge in [0.1, 0.15) is 5.82 Å². The lowest BCUT2D eigenvalue weighted by atomic mass is 10.2. The second-order valence-corrected chi connectivity index (χ2v) is 3.98. The topological polar surface area (TPSA) is 15.6 Å². The summed E-state index contributed by atoms with van der Waals surface area (Å²) in [5.41, 5.74) is 1.60. The van der Waals surface area contributed by atoms with E-state index < -0.39 is 0 Å². The molecule has 0 saturated carbocycles. The first-order valence-corrected chi connectivity index (χ1v) is 5.83. The van der Waals surface area contributed by atoms with E-state index in [2.05, 4.69) is 4.99 Å². The van der Waals surface area contributed by atoms with Crippen molar-refractivity contribution in [3.05, 3.63) is 29.6 Å². The number of thioether (sulfide) groups is 1. The van der Waals surface area contributed by atoms with Crippen molar-refractivity contribution in [3.8, 4) is 0 Å². The molecule has 0 amide bonds. The molecule has 1 aromatic rings. The fourth-order valence-electron chi connectivity index (χ4n) is 1.33. The van der Waals surface area contributed by atoms with Crippen molar-refractivity contribution in [2.75, 3.05) is 25.3 Å². The average Bonchev–Trinajstić information content (AvgIpc) is 2.23. The molecule has 0 spiro atoms. The average molecular weight is 226 g/mol. The zero-order valence-corrected chi connectivity index (χ0v) is 10.2. The fraction of sp³-hybridized carbons (Fsp3) is 0.364. The van der Waals surface area contributed by atoms with E-state index in [4.69, 9.17) is 0 Å². The minimum Gasteiger partial charge on any atom is -0.324 e. The molecule has 15 heavy (non-hydrogen) atoms. The molecule has 2 nitrogen and oxygen atoms in total. The molecule has 0 N–H and O–H groups in total. The molecule has 0 fully saturated rings. The third-order valence-electron chi connectivity index (χ3n) is 2.19. The molecule has 0 aliphatic rings. The van der Waals surface area contributed by atoms with Gasteiger partial charge in [0.2, 0.25) is 0 Å². The molecule has 0 atom stereocenters. The van der Waals surface area contributed by atoms with Gasteiger partial charge in [-0.15, -0.1) is 0 Å². The Bertz CT molecular complexity index is 377. The van der Waals surface area contributed by atoms with Crippen LogP contribution in [0.15, 0.2) is 23.2 Å². The summed E-state index contributed by atoms with van der Waals surface area (Å²) in [6.07, 6.45) is 1.97. The smallest absolute Gasteiger partial charge is 0.162 e.